The highest BCUT2D eigenvalue weighted by Crippen LogP contribution is 2.24. The number of carbonyl (C=O) groups excluding carboxylic acids is 2. The number of rotatable bonds is 5. The van der Waals surface area contributed by atoms with Crippen molar-refractivity contribution in [1.82, 2.24) is 4.57 Å². The van der Waals surface area contributed by atoms with Gasteiger partial charge in [0.1, 0.15) is 12.3 Å². The molecule has 7 heteroatoms. The predicted molar refractivity (Wildman–Crippen MR) is 109 cm³/mol. The maximum atomic E-state index is 12.7. The average molecular weight is 398 g/mol. The summed E-state index contributed by atoms with van der Waals surface area (Å²) >= 11 is 1.38. The molecular weight excluding hydrogens is 376 g/mol. The van der Waals surface area contributed by atoms with Crippen LogP contribution in [-0.4, -0.2) is 30.7 Å². The van der Waals surface area contributed by atoms with E-state index < -0.39 is 11.9 Å². The summed E-state index contributed by atoms with van der Waals surface area (Å²) in [6.07, 6.45) is 0. The molecule has 3 aromatic rings. The van der Waals surface area contributed by atoms with Crippen LogP contribution in [0.2, 0.25) is 0 Å². The van der Waals surface area contributed by atoms with E-state index in [9.17, 15) is 9.59 Å². The molecule has 0 aliphatic heterocycles. The molecule has 0 atom stereocenters. The smallest absolute Gasteiger partial charge is 0.325 e. The van der Waals surface area contributed by atoms with Crippen LogP contribution in [0.4, 0.5) is 0 Å². The lowest BCUT2D eigenvalue weighted by atomic mass is 10.0. The van der Waals surface area contributed by atoms with E-state index in [1.165, 1.54) is 24.0 Å². The Morgan fingerprint density at radius 2 is 1.93 bits per heavy atom. The molecule has 28 heavy (non-hydrogen) atoms. The van der Waals surface area contributed by atoms with Gasteiger partial charge in [-0.1, -0.05) is 37.3 Å². The molecule has 6 nitrogen and oxygen atoms in total. The van der Waals surface area contributed by atoms with Gasteiger partial charge in [0, 0.05) is 5.56 Å². The molecule has 0 bridgehead atoms. The zero-order valence-electron chi connectivity index (χ0n) is 16.3. The van der Waals surface area contributed by atoms with Crippen molar-refractivity contribution in [2.24, 2.45) is 4.99 Å². The lowest BCUT2D eigenvalue weighted by Gasteiger charge is -2.06. The monoisotopic (exact) mass is 398 g/mol. The molecule has 0 aliphatic rings. The SMILES string of the molecule is COC(=O)Cn1c(=NC(=O)c2cccc(OC)c2)sc2cc(C(C)C)ccc21. The lowest BCUT2D eigenvalue weighted by Crippen LogP contribution is -2.22. The summed E-state index contributed by atoms with van der Waals surface area (Å²) in [6, 6.07) is 12.9. The van der Waals surface area contributed by atoms with Crippen LogP contribution in [0, 0.1) is 0 Å². The number of ether oxygens (including phenoxy) is 2. The van der Waals surface area contributed by atoms with Gasteiger partial charge < -0.3 is 14.0 Å². The van der Waals surface area contributed by atoms with Crippen LogP contribution >= 0.6 is 11.3 Å². The van der Waals surface area contributed by atoms with Crippen LogP contribution in [0.25, 0.3) is 10.2 Å². The molecule has 3 rings (SSSR count). The molecule has 0 aliphatic carbocycles. The Morgan fingerprint density at radius 1 is 1.14 bits per heavy atom. The third-order valence-corrected chi connectivity index (χ3v) is 5.44. The zero-order valence-corrected chi connectivity index (χ0v) is 17.1. The van der Waals surface area contributed by atoms with Crippen molar-refractivity contribution in [3.05, 3.63) is 58.4 Å². The fourth-order valence-corrected chi connectivity index (χ4v) is 3.86. The van der Waals surface area contributed by atoms with Gasteiger partial charge >= 0.3 is 5.97 Å². The Bertz CT molecular complexity index is 1100. The molecule has 0 saturated carbocycles. The normalized spacial score (nSPS) is 11.8. The maximum Gasteiger partial charge on any atom is 0.325 e. The highest BCUT2D eigenvalue weighted by molar-refractivity contribution is 7.16. The first-order valence-electron chi connectivity index (χ1n) is 8.86. The van der Waals surface area contributed by atoms with Gasteiger partial charge in [0.05, 0.1) is 24.4 Å². The summed E-state index contributed by atoms with van der Waals surface area (Å²) < 4.78 is 12.7. The zero-order chi connectivity index (χ0) is 20.3. The minimum absolute atomic E-state index is 0.0122. The summed E-state index contributed by atoms with van der Waals surface area (Å²) in [5.74, 6) is 0.164. The molecule has 0 radical (unpaired) electrons. The Hall–Kier alpha value is -2.93. The molecule has 0 fully saturated rings. The highest BCUT2D eigenvalue weighted by Gasteiger charge is 2.14. The topological polar surface area (TPSA) is 69.9 Å². The number of carbonyl (C=O) groups is 2. The first-order chi connectivity index (χ1) is 13.4. The van der Waals surface area contributed by atoms with Gasteiger partial charge in [0.25, 0.3) is 5.91 Å². The van der Waals surface area contributed by atoms with Gasteiger partial charge in [0.15, 0.2) is 4.80 Å². The first kappa shape index (κ1) is 19.8. The molecule has 1 aromatic heterocycles. The highest BCUT2D eigenvalue weighted by atomic mass is 32.1. The second-order valence-corrected chi connectivity index (χ2v) is 7.59. The number of nitrogens with zero attached hydrogens (tertiary/aromatic N) is 2. The van der Waals surface area contributed by atoms with Gasteiger partial charge in [-0.2, -0.15) is 4.99 Å². The van der Waals surface area contributed by atoms with Crippen LogP contribution in [0.3, 0.4) is 0 Å². The number of hydrogen-bond acceptors (Lipinski definition) is 5. The Morgan fingerprint density at radius 3 is 2.61 bits per heavy atom. The summed E-state index contributed by atoms with van der Waals surface area (Å²) in [6.45, 7) is 4.23. The molecule has 0 unspecified atom stereocenters. The standard InChI is InChI=1S/C21H22N2O4S/c1-13(2)14-8-9-17-18(11-14)28-21(23(17)12-19(24)27-4)22-20(25)15-6-5-7-16(10-15)26-3/h5-11,13H,12H2,1-4H3. The summed E-state index contributed by atoms with van der Waals surface area (Å²) in [4.78, 5) is 29.3. The summed E-state index contributed by atoms with van der Waals surface area (Å²) in [7, 11) is 2.88. The molecular formula is C21H22N2O4S. The van der Waals surface area contributed by atoms with E-state index in [1.54, 1.807) is 35.9 Å². The van der Waals surface area contributed by atoms with Crippen molar-refractivity contribution in [3.8, 4) is 5.75 Å². The van der Waals surface area contributed by atoms with E-state index in [0.29, 0.717) is 22.0 Å². The molecule has 2 aromatic carbocycles. The van der Waals surface area contributed by atoms with Crippen LogP contribution in [0.5, 0.6) is 5.75 Å². The van der Waals surface area contributed by atoms with Crippen LogP contribution in [0.1, 0.15) is 35.7 Å². The predicted octanol–water partition coefficient (Wildman–Crippen LogP) is 3.75. The average Bonchev–Trinajstić information content (AvgIpc) is 3.03. The van der Waals surface area contributed by atoms with Gasteiger partial charge in [-0.25, -0.2) is 0 Å². The van der Waals surface area contributed by atoms with E-state index in [-0.39, 0.29) is 6.54 Å². The number of benzene rings is 2. The van der Waals surface area contributed by atoms with Gasteiger partial charge in [0.2, 0.25) is 0 Å². The molecule has 0 spiro atoms. The fourth-order valence-electron chi connectivity index (χ4n) is 2.79. The number of hydrogen-bond donors (Lipinski definition) is 0. The third-order valence-electron chi connectivity index (χ3n) is 4.40. The molecule has 0 N–H and O–H groups in total. The van der Waals surface area contributed by atoms with Gasteiger partial charge in [-0.15, -0.1) is 0 Å². The summed E-state index contributed by atoms with van der Waals surface area (Å²) in [5.41, 5.74) is 2.45. The van der Waals surface area contributed by atoms with E-state index in [1.807, 2.05) is 12.1 Å². The largest absolute Gasteiger partial charge is 0.497 e. The first-order valence-corrected chi connectivity index (χ1v) is 9.67. The molecule has 0 saturated heterocycles. The number of aromatic nitrogens is 1. The molecule has 1 amide bonds. The van der Waals surface area contributed by atoms with Gasteiger partial charge in [-0.05, 0) is 41.8 Å². The minimum Gasteiger partial charge on any atom is -0.497 e. The quantitative estimate of drug-likeness (QED) is 0.614. The maximum absolute atomic E-state index is 12.7. The van der Waals surface area contributed by atoms with Crippen LogP contribution < -0.4 is 9.54 Å². The van der Waals surface area contributed by atoms with E-state index >= 15 is 0 Å². The fraction of sp³-hybridized carbons (Fsp3) is 0.286. The lowest BCUT2D eigenvalue weighted by molar-refractivity contribution is -0.141. The number of amides is 1. The van der Waals surface area contributed by atoms with E-state index in [2.05, 4.69) is 24.9 Å². The van der Waals surface area contributed by atoms with Crippen molar-refractivity contribution in [2.45, 2.75) is 26.3 Å². The second-order valence-electron chi connectivity index (χ2n) is 6.58. The van der Waals surface area contributed by atoms with E-state index in [4.69, 9.17) is 9.47 Å². The van der Waals surface area contributed by atoms with Crippen molar-refractivity contribution in [2.75, 3.05) is 14.2 Å². The number of esters is 1. The van der Waals surface area contributed by atoms with Crippen molar-refractivity contribution < 1.29 is 19.1 Å². The van der Waals surface area contributed by atoms with Crippen molar-refractivity contribution in [1.29, 1.82) is 0 Å². The Balaban J connectivity index is 2.13. The van der Waals surface area contributed by atoms with Gasteiger partial charge in [-0.3, -0.25) is 9.59 Å². The number of thiazole rings is 1. The summed E-state index contributed by atoms with van der Waals surface area (Å²) in [5, 5.41) is 0. The number of methoxy groups -OCH3 is 2. The minimum atomic E-state index is -0.400. The van der Waals surface area contributed by atoms with Crippen molar-refractivity contribution in [3.63, 3.8) is 0 Å². The van der Waals surface area contributed by atoms with Crippen LogP contribution in [-0.2, 0) is 16.1 Å². The number of fused-ring (bicyclic) bond motifs is 1. The Labute approximate surface area is 167 Å². The van der Waals surface area contributed by atoms with Crippen LogP contribution in [0.15, 0.2) is 47.5 Å². The molecule has 1 heterocycles. The molecule has 146 valence electrons. The van der Waals surface area contributed by atoms with Crippen molar-refractivity contribution >= 4 is 33.4 Å². The second kappa shape index (κ2) is 8.39. The van der Waals surface area contributed by atoms with E-state index in [0.717, 1.165) is 10.2 Å². The third kappa shape index (κ3) is 4.14. The Kier molecular flexibility index (Phi) is 5.94.